The van der Waals surface area contributed by atoms with Crippen molar-refractivity contribution in [2.24, 2.45) is 5.41 Å². The van der Waals surface area contributed by atoms with Gasteiger partial charge in [0.15, 0.2) is 0 Å². The van der Waals surface area contributed by atoms with Crippen molar-refractivity contribution in [3.8, 4) is 0 Å². The maximum atomic E-state index is 13.3. The van der Waals surface area contributed by atoms with Crippen LogP contribution in [-0.4, -0.2) is 44.1 Å². The Balaban J connectivity index is 4.55. The first-order chi connectivity index (χ1) is 10.9. The van der Waals surface area contributed by atoms with Gasteiger partial charge in [-0.15, -0.1) is 0 Å². The predicted octanol–water partition coefficient (Wildman–Crippen LogP) is 5.30. The van der Waals surface area contributed by atoms with Crippen molar-refractivity contribution in [1.29, 1.82) is 0 Å². The Morgan fingerprint density at radius 1 is 0.680 bits per heavy atom. The van der Waals surface area contributed by atoms with Gasteiger partial charge >= 0.3 is 24.2 Å². The summed E-state index contributed by atoms with van der Waals surface area (Å²) in [5.74, 6) is -5.13. The van der Waals surface area contributed by atoms with E-state index in [4.69, 9.17) is 0 Å². The minimum Gasteiger partial charge on any atom is -0.320 e. The van der Waals surface area contributed by atoms with Gasteiger partial charge in [-0.1, -0.05) is 27.7 Å². The minimum absolute atomic E-state index is 0.410. The molecule has 0 aromatic rings. The molecule has 0 aromatic heterocycles. The summed E-state index contributed by atoms with van der Waals surface area (Å²) < 4.78 is 116. The Morgan fingerprint density at radius 2 is 1.16 bits per heavy atom. The van der Waals surface area contributed by atoms with Crippen LogP contribution in [0.25, 0.3) is 0 Å². The van der Waals surface area contributed by atoms with E-state index >= 15 is 0 Å². The Kier molecular flexibility index (Phi) is 8.11. The first kappa shape index (κ1) is 24.3. The lowest BCUT2D eigenvalue weighted by Gasteiger charge is -2.28. The van der Waals surface area contributed by atoms with Crippen LogP contribution in [0.1, 0.15) is 40.5 Å². The van der Waals surface area contributed by atoms with Gasteiger partial charge in [-0.25, -0.2) is 0 Å². The summed E-state index contributed by atoms with van der Waals surface area (Å²) in [6, 6.07) is 0. The van der Waals surface area contributed by atoms with Crippen molar-refractivity contribution in [2.75, 3.05) is 19.8 Å². The first-order valence-corrected chi connectivity index (χ1v) is 7.36. The average molecular weight is 390 g/mol. The third-order valence-electron chi connectivity index (χ3n) is 2.69. The van der Waals surface area contributed by atoms with E-state index in [0.717, 1.165) is 6.92 Å². The Labute approximate surface area is 140 Å². The molecule has 0 radical (unpaired) electrons. The van der Waals surface area contributed by atoms with Gasteiger partial charge in [0, 0.05) is 6.42 Å². The molecule has 0 bridgehead atoms. The number of hydrogen-bond donors (Lipinski definition) is 0. The summed E-state index contributed by atoms with van der Waals surface area (Å²) in [6.07, 6.45) is -15.6. The van der Waals surface area contributed by atoms with Crippen LogP contribution in [0.4, 0.5) is 35.1 Å². The lowest BCUT2D eigenvalue weighted by molar-refractivity contribution is -0.378. The molecular weight excluding hydrogens is 368 g/mol. The molecule has 152 valence electrons. The van der Waals surface area contributed by atoms with Crippen molar-refractivity contribution in [3.63, 3.8) is 0 Å². The largest absolute Gasteiger partial charge is 0.421 e. The van der Waals surface area contributed by atoms with Crippen molar-refractivity contribution in [3.05, 3.63) is 0 Å². The third kappa shape index (κ3) is 9.55. The van der Waals surface area contributed by atoms with E-state index in [1.54, 1.807) is 20.8 Å². The highest BCUT2D eigenvalue weighted by Crippen LogP contribution is 2.38. The van der Waals surface area contributed by atoms with Gasteiger partial charge in [0.2, 0.25) is 0 Å². The number of rotatable bonds is 11. The zero-order valence-corrected chi connectivity index (χ0v) is 14.3. The Hall–Kier alpha value is -0.680. The molecule has 3 nitrogen and oxygen atoms in total. The standard InChI is InChI=1S/C14H22F8O3/c1-5-12(17,18)25-9-11(15,16)14(21,22)23-7-6-13(19,20)24-8-10(2,3)4/h5-9H2,1-4H3. The molecule has 0 aliphatic carbocycles. The molecule has 0 atom stereocenters. The van der Waals surface area contributed by atoms with E-state index in [9.17, 15) is 35.1 Å². The summed E-state index contributed by atoms with van der Waals surface area (Å²) in [7, 11) is 0. The third-order valence-corrected chi connectivity index (χ3v) is 2.69. The van der Waals surface area contributed by atoms with Gasteiger partial charge < -0.3 is 14.2 Å². The Bertz CT molecular complexity index is 407. The second-order valence-electron chi connectivity index (χ2n) is 6.59. The normalized spacial score (nSPS) is 14.9. The van der Waals surface area contributed by atoms with Gasteiger partial charge in [-0.3, -0.25) is 0 Å². The maximum Gasteiger partial charge on any atom is 0.421 e. The molecule has 0 saturated carbocycles. The fraction of sp³-hybridized carbons (Fsp3) is 1.00. The van der Waals surface area contributed by atoms with Crippen LogP contribution in [0.2, 0.25) is 0 Å². The van der Waals surface area contributed by atoms with Crippen LogP contribution in [-0.2, 0) is 14.2 Å². The molecule has 0 unspecified atom stereocenters. The summed E-state index contributed by atoms with van der Waals surface area (Å²) in [5, 5.41) is 0. The average Bonchev–Trinajstić information content (AvgIpc) is 2.42. The highest BCUT2D eigenvalue weighted by atomic mass is 19.3. The van der Waals surface area contributed by atoms with Gasteiger partial charge in [-0.05, 0) is 5.41 Å². The van der Waals surface area contributed by atoms with Gasteiger partial charge in [-0.2, -0.15) is 35.1 Å². The van der Waals surface area contributed by atoms with Crippen molar-refractivity contribution < 1.29 is 49.3 Å². The second-order valence-corrected chi connectivity index (χ2v) is 6.59. The monoisotopic (exact) mass is 390 g/mol. The van der Waals surface area contributed by atoms with Crippen LogP contribution in [0.15, 0.2) is 0 Å². The molecule has 0 spiro atoms. The minimum atomic E-state index is -5.27. The molecule has 0 aliphatic heterocycles. The van der Waals surface area contributed by atoms with E-state index in [0.29, 0.717) is 0 Å². The van der Waals surface area contributed by atoms with Crippen LogP contribution >= 0.6 is 0 Å². The number of ether oxygens (including phenoxy) is 3. The van der Waals surface area contributed by atoms with E-state index in [2.05, 4.69) is 14.2 Å². The molecule has 0 heterocycles. The summed E-state index contributed by atoms with van der Waals surface area (Å²) in [6.45, 7) is 1.42. The lowest BCUT2D eigenvalue weighted by atomic mass is 9.99. The molecule has 0 saturated heterocycles. The topological polar surface area (TPSA) is 27.7 Å². The number of halogens is 8. The van der Waals surface area contributed by atoms with Gasteiger partial charge in [0.1, 0.15) is 6.61 Å². The van der Waals surface area contributed by atoms with E-state index < -0.39 is 62.3 Å². The fourth-order valence-corrected chi connectivity index (χ4v) is 1.18. The van der Waals surface area contributed by atoms with E-state index in [-0.39, 0.29) is 0 Å². The molecule has 0 fully saturated rings. The highest BCUT2D eigenvalue weighted by molar-refractivity contribution is 4.77. The summed E-state index contributed by atoms with van der Waals surface area (Å²) >= 11 is 0. The predicted molar refractivity (Wildman–Crippen MR) is 72.0 cm³/mol. The van der Waals surface area contributed by atoms with Crippen molar-refractivity contribution in [1.82, 2.24) is 0 Å². The molecular formula is C14H22F8O3. The fourth-order valence-electron chi connectivity index (χ4n) is 1.18. The highest BCUT2D eigenvalue weighted by Gasteiger charge is 2.59. The summed E-state index contributed by atoms with van der Waals surface area (Å²) in [4.78, 5) is 0. The number of hydrogen-bond acceptors (Lipinski definition) is 3. The van der Waals surface area contributed by atoms with Crippen LogP contribution in [0, 0.1) is 5.41 Å². The quantitative estimate of drug-likeness (QED) is 0.449. The molecule has 25 heavy (non-hydrogen) atoms. The SMILES string of the molecule is CCC(F)(F)OCC(F)(F)C(F)(F)OCCC(F)(F)OCC(C)(C)C. The zero-order valence-electron chi connectivity index (χ0n) is 14.3. The molecule has 0 rings (SSSR count). The maximum absolute atomic E-state index is 13.3. The summed E-state index contributed by atoms with van der Waals surface area (Å²) in [5.41, 5.74) is -0.636. The smallest absolute Gasteiger partial charge is 0.320 e. The second kappa shape index (κ2) is 8.34. The van der Waals surface area contributed by atoms with Gasteiger partial charge in [0.05, 0.1) is 19.6 Å². The molecule has 0 N–H and O–H groups in total. The molecule has 11 heteroatoms. The zero-order chi connectivity index (χ0) is 20.2. The van der Waals surface area contributed by atoms with Crippen LogP contribution < -0.4 is 0 Å². The molecule has 0 aromatic carbocycles. The van der Waals surface area contributed by atoms with Crippen molar-refractivity contribution in [2.45, 2.75) is 64.8 Å². The van der Waals surface area contributed by atoms with E-state index in [1.807, 2.05) is 0 Å². The number of alkyl halides is 8. The van der Waals surface area contributed by atoms with Crippen molar-refractivity contribution >= 4 is 0 Å². The van der Waals surface area contributed by atoms with E-state index in [1.165, 1.54) is 0 Å². The Morgan fingerprint density at radius 3 is 1.60 bits per heavy atom. The lowest BCUT2D eigenvalue weighted by Crippen LogP contribution is -2.48. The van der Waals surface area contributed by atoms with Crippen LogP contribution in [0.3, 0.4) is 0 Å². The molecule has 0 aliphatic rings. The van der Waals surface area contributed by atoms with Gasteiger partial charge in [0.25, 0.3) is 0 Å². The molecule has 0 amide bonds. The van der Waals surface area contributed by atoms with Crippen LogP contribution in [0.5, 0.6) is 0 Å². The first-order valence-electron chi connectivity index (χ1n) is 7.36.